The average Bonchev–Trinajstić information content (AvgIpc) is 1.86. The molecule has 1 heteroatoms. The van der Waals surface area contributed by atoms with Gasteiger partial charge >= 0.3 is 0 Å². The summed E-state index contributed by atoms with van der Waals surface area (Å²) < 4.78 is 2.01. The van der Waals surface area contributed by atoms with Gasteiger partial charge < -0.3 is 0 Å². The van der Waals surface area contributed by atoms with Gasteiger partial charge in [-0.2, -0.15) is 0 Å². The van der Waals surface area contributed by atoms with E-state index in [0.717, 1.165) is 12.5 Å². The van der Waals surface area contributed by atoms with E-state index < -0.39 is 0 Å². The third-order valence-electron chi connectivity index (χ3n) is 2.37. The van der Waals surface area contributed by atoms with Crippen LogP contribution in [0.1, 0.15) is 20.3 Å². The number of rotatable bonds is 2. The van der Waals surface area contributed by atoms with E-state index in [0.29, 0.717) is 0 Å². The monoisotopic (exact) mass is 138 g/mol. The molecular weight excluding hydrogens is 122 g/mol. The van der Waals surface area contributed by atoms with E-state index in [1.54, 1.807) is 11.1 Å². The van der Waals surface area contributed by atoms with Crippen LogP contribution in [0.3, 0.4) is 0 Å². The van der Waals surface area contributed by atoms with Gasteiger partial charge in [0, 0.05) is 5.92 Å². The van der Waals surface area contributed by atoms with Gasteiger partial charge in [-0.1, -0.05) is 11.1 Å². The first kappa shape index (κ1) is 7.52. The van der Waals surface area contributed by atoms with Crippen molar-refractivity contribution in [3.63, 3.8) is 0 Å². The van der Waals surface area contributed by atoms with Crippen LogP contribution in [0.4, 0.5) is 0 Å². The molecule has 0 fully saturated rings. The van der Waals surface area contributed by atoms with E-state index in [9.17, 15) is 0 Å². The van der Waals surface area contributed by atoms with Crippen LogP contribution in [-0.2, 0) is 0 Å². The lowest BCUT2D eigenvalue weighted by molar-refractivity contribution is -0.495. The first-order valence-corrected chi connectivity index (χ1v) is 3.79. The smallest absolute Gasteiger partial charge is 0.148 e. The second kappa shape index (κ2) is 2.57. The van der Waals surface area contributed by atoms with Gasteiger partial charge in [-0.05, 0) is 20.3 Å². The summed E-state index contributed by atoms with van der Waals surface area (Å²) in [5.74, 6) is 0.794. The number of allylic oxidation sites excluding steroid dienone is 1. The Morgan fingerprint density at radius 1 is 1.60 bits per heavy atom. The topological polar surface area (TPSA) is 3.01 Å². The Hall–Kier alpha value is -0.590. The highest BCUT2D eigenvalue weighted by atomic mass is 14.9. The fourth-order valence-corrected chi connectivity index (χ4v) is 1.48. The molecule has 56 valence electrons. The van der Waals surface area contributed by atoms with Crippen LogP contribution < -0.4 is 0 Å². The van der Waals surface area contributed by atoms with E-state index in [1.807, 2.05) is 11.6 Å². The second-order valence-corrected chi connectivity index (χ2v) is 3.40. The molecule has 1 aliphatic carbocycles. The minimum atomic E-state index is 0.794. The maximum Gasteiger partial charge on any atom is 0.148 e. The third kappa shape index (κ3) is 1.28. The maximum absolute atomic E-state index is 3.83. The molecule has 1 nitrogen and oxygen atoms in total. The van der Waals surface area contributed by atoms with Gasteiger partial charge in [0.15, 0.2) is 0 Å². The molecular formula is C9H16N+. The van der Waals surface area contributed by atoms with Crippen molar-refractivity contribution in [2.75, 3.05) is 13.6 Å². The van der Waals surface area contributed by atoms with Crippen LogP contribution in [0.15, 0.2) is 11.1 Å². The highest BCUT2D eigenvalue weighted by Crippen LogP contribution is 2.33. The molecule has 1 rings (SSSR count). The zero-order valence-electron chi connectivity index (χ0n) is 7.15. The van der Waals surface area contributed by atoms with Gasteiger partial charge in [0.25, 0.3) is 0 Å². The zero-order valence-corrected chi connectivity index (χ0v) is 7.15. The SMILES string of the molecule is C=[N+](C)CC1CC(C)=C1C. The van der Waals surface area contributed by atoms with E-state index >= 15 is 0 Å². The Balaban J connectivity index is 2.44. The van der Waals surface area contributed by atoms with Crippen LogP contribution in [-0.4, -0.2) is 24.9 Å². The Kier molecular flexibility index (Phi) is 1.93. The second-order valence-electron chi connectivity index (χ2n) is 3.40. The van der Waals surface area contributed by atoms with E-state index in [-0.39, 0.29) is 0 Å². The molecule has 0 saturated heterocycles. The summed E-state index contributed by atoms with van der Waals surface area (Å²) in [5.41, 5.74) is 3.15. The van der Waals surface area contributed by atoms with Crippen molar-refractivity contribution in [1.29, 1.82) is 0 Å². The van der Waals surface area contributed by atoms with Crippen molar-refractivity contribution in [2.45, 2.75) is 20.3 Å². The van der Waals surface area contributed by atoms with E-state index in [2.05, 4.69) is 20.6 Å². The highest BCUT2D eigenvalue weighted by molar-refractivity contribution is 5.25. The summed E-state index contributed by atoms with van der Waals surface area (Å²) in [6, 6.07) is 0. The van der Waals surface area contributed by atoms with Crippen molar-refractivity contribution in [3.05, 3.63) is 11.1 Å². The van der Waals surface area contributed by atoms with Crippen molar-refractivity contribution < 1.29 is 4.58 Å². The average molecular weight is 138 g/mol. The molecule has 0 spiro atoms. The van der Waals surface area contributed by atoms with Gasteiger partial charge in [-0.25, -0.2) is 4.58 Å². The lowest BCUT2D eigenvalue weighted by atomic mass is 9.79. The Labute approximate surface area is 63.1 Å². The van der Waals surface area contributed by atoms with Crippen molar-refractivity contribution >= 4 is 6.72 Å². The Bertz CT molecular complexity index is 189. The molecule has 0 aromatic rings. The van der Waals surface area contributed by atoms with Crippen LogP contribution in [0, 0.1) is 5.92 Å². The molecule has 0 N–H and O–H groups in total. The molecule has 0 bridgehead atoms. The van der Waals surface area contributed by atoms with Crippen LogP contribution in [0.2, 0.25) is 0 Å². The van der Waals surface area contributed by atoms with Crippen molar-refractivity contribution in [1.82, 2.24) is 0 Å². The summed E-state index contributed by atoms with van der Waals surface area (Å²) in [6.45, 7) is 9.39. The molecule has 1 aliphatic rings. The molecule has 0 radical (unpaired) electrons. The predicted molar refractivity (Wildman–Crippen MR) is 44.7 cm³/mol. The van der Waals surface area contributed by atoms with Gasteiger partial charge in [-0.15, -0.1) is 0 Å². The van der Waals surface area contributed by atoms with Gasteiger partial charge in [0.05, 0.1) is 0 Å². The van der Waals surface area contributed by atoms with Crippen molar-refractivity contribution in [3.8, 4) is 0 Å². The van der Waals surface area contributed by atoms with Gasteiger partial charge in [-0.3, -0.25) is 0 Å². The molecule has 0 saturated carbocycles. The third-order valence-corrected chi connectivity index (χ3v) is 2.37. The van der Waals surface area contributed by atoms with Crippen LogP contribution >= 0.6 is 0 Å². The van der Waals surface area contributed by atoms with Gasteiger partial charge in [0.1, 0.15) is 20.3 Å². The molecule has 1 unspecified atom stereocenters. The largest absolute Gasteiger partial charge is 0.244 e. The molecule has 10 heavy (non-hydrogen) atoms. The highest BCUT2D eigenvalue weighted by Gasteiger charge is 2.25. The quantitative estimate of drug-likeness (QED) is 0.310. The molecule has 0 amide bonds. The van der Waals surface area contributed by atoms with Crippen molar-refractivity contribution in [2.24, 2.45) is 5.92 Å². The fourth-order valence-electron chi connectivity index (χ4n) is 1.48. The first-order chi connectivity index (χ1) is 4.61. The van der Waals surface area contributed by atoms with Crippen LogP contribution in [0.5, 0.6) is 0 Å². The summed E-state index contributed by atoms with van der Waals surface area (Å²) in [6.07, 6.45) is 1.28. The minimum absolute atomic E-state index is 0.794. The molecule has 0 aromatic heterocycles. The summed E-state index contributed by atoms with van der Waals surface area (Å²) in [4.78, 5) is 0. The zero-order chi connectivity index (χ0) is 7.72. The number of hydrogen-bond donors (Lipinski definition) is 0. The molecule has 0 aromatic carbocycles. The predicted octanol–water partition coefficient (Wildman–Crippen LogP) is 1.69. The normalized spacial score (nSPS) is 24.5. The first-order valence-electron chi connectivity index (χ1n) is 3.79. The Morgan fingerprint density at radius 2 is 2.20 bits per heavy atom. The minimum Gasteiger partial charge on any atom is -0.244 e. The summed E-state index contributed by atoms with van der Waals surface area (Å²) >= 11 is 0. The van der Waals surface area contributed by atoms with Gasteiger partial charge in [0.2, 0.25) is 0 Å². The molecule has 0 heterocycles. The van der Waals surface area contributed by atoms with Crippen LogP contribution in [0.25, 0.3) is 0 Å². The lowest BCUT2D eigenvalue weighted by Gasteiger charge is -2.27. The summed E-state index contributed by atoms with van der Waals surface area (Å²) in [5, 5.41) is 0. The lowest BCUT2D eigenvalue weighted by Crippen LogP contribution is -2.24. The molecule has 1 atom stereocenters. The maximum atomic E-state index is 3.83. The summed E-state index contributed by atoms with van der Waals surface area (Å²) in [7, 11) is 2.03. The van der Waals surface area contributed by atoms with E-state index in [1.165, 1.54) is 6.42 Å². The van der Waals surface area contributed by atoms with E-state index in [4.69, 9.17) is 0 Å². The Morgan fingerprint density at radius 3 is 2.50 bits per heavy atom. The number of hydrogen-bond acceptors (Lipinski definition) is 0. The number of nitrogens with zero attached hydrogens (tertiary/aromatic N) is 1. The fraction of sp³-hybridized carbons (Fsp3) is 0.667. The molecule has 0 aliphatic heterocycles. The standard InChI is InChI=1S/C9H16N/c1-7-5-9(8(7)2)6-10(3)4/h9H,3,5-6H2,1-2,4H3/q+1.